The Morgan fingerprint density at radius 3 is 2.15 bits per heavy atom. The molecule has 0 spiro atoms. The van der Waals surface area contributed by atoms with Gasteiger partial charge in [-0.1, -0.05) is 67.1 Å². The molecule has 4 aromatic rings. The zero-order valence-electron chi connectivity index (χ0n) is 22.0. The van der Waals surface area contributed by atoms with Crippen LogP contribution in [0.3, 0.4) is 0 Å². The standard InChI is InChI=1S/C32H27N3O3S2/c1-3-27(40-22-9-6-8-21(18-22)34-32(39)33-20-16-14-19(2)15-17-20)31(38)35-26-13-7-12-25-28(26)30(37)24-11-5-4-10-23(24)29(25)36/h4-18,27H,3H2,1-2H3,(H,35,38)(H2,33,34,39). The molecule has 8 heteroatoms. The van der Waals surface area contributed by atoms with E-state index in [2.05, 4.69) is 16.0 Å². The lowest BCUT2D eigenvalue weighted by Gasteiger charge is -2.21. The summed E-state index contributed by atoms with van der Waals surface area (Å²) in [7, 11) is 0. The van der Waals surface area contributed by atoms with E-state index in [1.807, 2.05) is 62.4 Å². The van der Waals surface area contributed by atoms with Crippen LogP contribution in [-0.2, 0) is 4.79 Å². The second-order valence-corrected chi connectivity index (χ2v) is 11.1. The highest BCUT2D eigenvalue weighted by atomic mass is 32.2. The third-order valence-corrected chi connectivity index (χ3v) is 8.12. The Morgan fingerprint density at radius 2 is 1.43 bits per heavy atom. The highest BCUT2D eigenvalue weighted by Gasteiger charge is 2.32. The van der Waals surface area contributed by atoms with Gasteiger partial charge in [-0.2, -0.15) is 0 Å². The summed E-state index contributed by atoms with van der Waals surface area (Å²) in [5.41, 5.74) is 4.47. The maximum Gasteiger partial charge on any atom is 0.237 e. The second kappa shape index (κ2) is 11.9. The van der Waals surface area contributed by atoms with Crippen LogP contribution >= 0.6 is 24.0 Å². The van der Waals surface area contributed by atoms with Crippen molar-refractivity contribution in [2.45, 2.75) is 30.4 Å². The number of anilines is 3. The fraction of sp³-hybridized carbons (Fsp3) is 0.125. The van der Waals surface area contributed by atoms with Crippen LogP contribution in [0.5, 0.6) is 0 Å². The van der Waals surface area contributed by atoms with E-state index in [0.717, 1.165) is 16.3 Å². The summed E-state index contributed by atoms with van der Waals surface area (Å²) >= 11 is 6.89. The monoisotopic (exact) mass is 565 g/mol. The van der Waals surface area contributed by atoms with Crippen LogP contribution in [0.2, 0.25) is 0 Å². The first-order valence-electron chi connectivity index (χ1n) is 12.9. The molecule has 0 bridgehead atoms. The quantitative estimate of drug-likeness (QED) is 0.143. The second-order valence-electron chi connectivity index (χ2n) is 9.41. The zero-order valence-corrected chi connectivity index (χ0v) is 23.6. The van der Waals surface area contributed by atoms with E-state index in [1.54, 1.807) is 42.5 Å². The molecule has 0 heterocycles. The van der Waals surface area contributed by atoms with Crippen molar-refractivity contribution in [3.8, 4) is 0 Å². The van der Waals surface area contributed by atoms with Crippen molar-refractivity contribution in [1.29, 1.82) is 0 Å². The Bertz CT molecular complexity index is 1630. The molecule has 0 radical (unpaired) electrons. The number of hydrogen-bond acceptors (Lipinski definition) is 5. The summed E-state index contributed by atoms with van der Waals surface area (Å²) in [6, 6.07) is 27.4. The number of benzene rings is 4. The average molecular weight is 566 g/mol. The number of thiocarbonyl (C=S) groups is 1. The topological polar surface area (TPSA) is 87.3 Å². The van der Waals surface area contributed by atoms with Gasteiger partial charge in [-0.05, 0) is 62.0 Å². The molecule has 0 aliphatic heterocycles. The Morgan fingerprint density at radius 1 is 0.775 bits per heavy atom. The van der Waals surface area contributed by atoms with Crippen LogP contribution in [-0.4, -0.2) is 27.8 Å². The van der Waals surface area contributed by atoms with Crippen molar-refractivity contribution in [3.05, 3.63) is 119 Å². The van der Waals surface area contributed by atoms with Crippen molar-refractivity contribution >= 4 is 63.6 Å². The number of nitrogens with one attached hydrogen (secondary N) is 3. The van der Waals surface area contributed by atoms with Gasteiger partial charge in [0.1, 0.15) is 0 Å². The summed E-state index contributed by atoms with van der Waals surface area (Å²) in [6.45, 7) is 3.96. The molecular weight excluding hydrogens is 539 g/mol. The van der Waals surface area contributed by atoms with Gasteiger partial charge in [0.05, 0.1) is 16.5 Å². The number of aryl methyl sites for hydroxylation is 1. The molecule has 1 aliphatic rings. The molecule has 6 nitrogen and oxygen atoms in total. The number of amides is 1. The van der Waals surface area contributed by atoms with Gasteiger partial charge in [-0.3, -0.25) is 14.4 Å². The Hall–Kier alpha value is -4.27. The Balaban J connectivity index is 1.28. The van der Waals surface area contributed by atoms with E-state index in [4.69, 9.17) is 12.2 Å². The zero-order chi connectivity index (χ0) is 28.2. The first-order chi connectivity index (χ1) is 19.3. The van der Waals surface area contributed by atoms with Crippen molar-refractivity contribution < 1.29 is 14.4 Å². The molecule has 0 aromatic heterocycles. The van der Waals surface area contributed by atoms with Crippen molar-refractivity contribution in [2.24, 2.45) is 0 Å². The summed E-state index contributed by atoms with van der Waals surface area (Å²) in [5.74, 6) is -0.729. The van der Waals surface area contributed by atoms with Crippen LogP contribution in [0.25, 0.3) is 0 Å². The lowest BCUT2D eigenvalue weighted by atomic mass is 9.83. The van der Waals surface area contributed by atoms with Gasteiger partial charge in [-0.15, -0.1) is 11.8 Å². The minimum atomic E-state index is -0.426. The van der Waals surface area contributed by atoms with E-state index < -0.39 is 5.25 Å². The van der Waals surface area contributed by atoms with Crippen LogP contribution in [0, 0.1) is 6.92 Å². The van der Waals surface area contributed by atoms with Gasteiger partial charge >= 0.3 is 0 Å². The Labute approximate surface area is 242 Å². The molecular formula is C32H27N3O3S2. The van der Waals surface area contributed by atoms with Crippen LogP contribution in [0.15, 0.2) is 95.9 Å². The largest absolute Gasteiger partial charge is 0.332 e. The first-order valence-corrected chi connectivity index (χ1v) is 14.2. The smallest absolute Gasteiger partial charge is 0.237 e. The van der Waals surface area contributed by atoms with Crippen molar-refractivity contribution in [1.82, 2.24) is 0 Å². The normalized spacial score (nSPS) is 12.7. The number of fused-ring (bicyclic) bond motifs is 2. The summed E-state index contributed by atoms with van der Waals surface area (Å²) in [5, 5.41) is 9.32. The van der Waals surface area contributed by atoms with E-state index in [9.17, 15) is 14.4 Å². The molecule has 3 N–H and O–H groups in total. The number of carbonyl (C=O) groups is 3. The van der Waals surface area contributed by atoms with Crippen LogP contribution < -0.4 is 16.0 Å². The van der Waals surface area contributed by atoms with Gasteiger partial charge in [0.25, 0.3) is 0 Å². The molecule has 5 rings (SSSR count). The molecule has 1 aliphatic carbocycles. The highest BCUT2D eigenvalue weighted by Crippen LogP contribution is 2.33. The summed E-state index contributed by atoms with van der Waals surface area (Å²) in [6.07, 6.45) is 0.562. The minimum Gasteiger partial charge on any atom is -0.332 e. The number of hydrogen-bond donors (Lipinski definition) is 3. The molecule has 4 aromatic carbocycles. The van der Waals surface area contributed by atoms with Crippen LogP contribution in [0.4, 0.5) is 17.1 Å². The first kappa shape index (κ1) is 27.3. The predicted octanol–water partition coefficient (Wildman–Crippen LogP) is 7.09. The van der Waals surface area contributed by atoms with E-state index in [1.165, 1.54) is 17.3 Å². The molecule has 40 heavy (non-hydrogen) atoms. The number of ketones is 2. The van der Waals surface area contributed by atoms with Crippen molar-refractivity contribution in [3.63, 3.8) is 0 Å². The molecule has 1 amide bonds. The molecule has 1 unspecified atom stereocenters. The Kier molecular flexibility index (Phi) is 8.09. The molecule has 0 saturated heterocycles. The minimum absolute atomic E-state index is 0.221. The van der Waals surface area contributed by atoms with Gasteiger partial charge in [0, 0.05) is 33.0 Å². The lowest BCUT2D eigenvalue weighted by molar-refractivity contribution is -0.115. The van der Waals surface area contributed by atoms with Gasteiger partial charge in [0.15, 0.2) is 16.7 Å². The van der Waals surface area contributed by atoms with Gasteiger partial charge < -0.3 is 16.0 Å². The van der Waals surface area contributed by atoms with E-state index in [0.29, 0.717) is 33.9 Å². The number of thioether (sulfide) groups is 1. The summed E-state index contributed by atoms with van der Waals surface area (Å²) < 4.78 is 0. The summed E-state index contributed by atoms with van der Waals surface area (Å²) in [4.78, 5) is 40.6. The van der Waals surface area contributed by atoms with E-state index >= 15 is 0 Å². The maximum atomic E-state index is 13.4. The average Bonchev–Trinajstić information content (AvgIpc) is 2.96. The SMILES string of the molecule is CCC(Sc1cccc(NC(=S)Nc2ccc(C)cc2)c1)C(=O)Nc1cccc2c1C(=O)c1ccccc1C2=O. The fourth-order valence-corrected chi connectivity index (χ4v) is 5.78. The molecule has 0 saturated carbocycles. The lowest BCUT2D eigenvalue weighted by Crippen LogP contribution is -2.28. The molecule has 200 valence electrons. The van der Waals surface area contributed by atoms with E-state index in [-0.39, 0.29) is 23.0 Å². The third kappa shape index (κ3) is 5.83. The molecule has 1 atom stereocenters. The molecule has 0 fully saturated rings. The number of carbonyl (C=O) groups excluding carboxylic acids is 3. The maximum absolute atomic E-state index is 13.4. The van der Waals surface area contributed by atoms with Crippen molar-refractivity contribution in [2.75, 3.05) is 16.0 Å². The highest BCUT2D eigenvalue weighted by molar-refractivity contribution is 8.00. The number of rotatable bonds is 7. The van der Waals surface area contributed by atoms with Gasteiger partial charge in [0.2, 0.25) is 5.91 Å². The fourth-order valence-electron chi connectivity index (χ4n) is 4.53. The van der Waals surface area contributed by atoms with Gasteiger partial charge in [-0.25, -0.2) is 0 Å². The third-order valence-electron chi connectivity index (χ3n) is 6.55. The predicted molar refractivity (Wildman–Crippen MR) is 166 cm³/mol. The van der Waals surface area contributed by atoms with Crippen LogP contribution in [0.1, 0.15) is 50.8 Å².